The van der Waals surface area contributed by atoms with Gasteiger partial charge < -0.3 is 10.7 Å². The molecule has 0 spiro atoms. The summed E-state index contributed by atoms with van der Waals surface area (Å²) in [7, 11) is 0. The van der Waals surface area contributed by atoms with Crippen molar-refractivity contribution in [1.82, 2.24) is 4.98 Å². The van der Waals surface area contributed by atoms with Crippen LogP contribution in [0.25, 0.3) is 10.9 Å². The summed E-state index contributed by atoms with van der Waals surface area (Å²) in [6.45, 7) is 1.94. The second kappa shape index (κ2) is 2.42. The van der Waals surface area contributed by atoms with Gasteiger partial charge >= 0.3 is 0 Å². The van der Waals surface area contributed by atoms with E-state index in [1.807, 2.05) is 25.1 Å². The minimum atomic E-state index is 0.715. The number of nitrogens with one attached hydrogen (secondary N) is 1. The summed E-state index contributed by atoms with van der Waals surface area (Å²) in [4.78, 5) is 3.14. The molecule has 0 fully saturated rings. The van der Waals surface area contributed by atoms with Crippen molar-refractivity contribution in [2.24, 2.45) is 0 Å². The van der Waals surface area contributed by atoms with E-state index in [1.165, 1.54) is 0 Å². The molecule has 0 atom stereocenters. The van der Waals surface area contributed by atoms with Crippen molar-refractivity contribution in [2.45, 2.75) is 6.92 Å². The molecule has 2 aromatic rings. The van der Waals surface area contributed by atoms with Gasteiger partial charge in [-0.05, 0) is 13.0 Å². The van der Waals surface area contributed by atoms with Crippen LogP contribution in [-0.4, -0.2) is 4.98 Å². The second-order valence-electron chi connectivity index (χ2n) is 2.83. The third-order valence-corrected chi connectivity index (χ3v) is 2.34. The number of aromatic nitrogens is 1. The summed E-state index contributed by atoms with van der Waals surface area (Å²) in [5.74, 6) is 0. The molecule has 0 aliphatic rings. The van der Waals surface area contributed by atoms with Crippen molar-refractivity contribution in [3.8, 4) is 0 Å². The van der Waals surface area contributed by atoms with Crippen molar-refractivity contribution < 1.29 is 0 Å². The van der Waals surface area contributed by atoms with Gasteiger partial charge in [0.1, 0.15) is 0 Å². The van der Waals surface area contributed by atoms with Gasteiger partial charge in [-0.15, -0.1) is 0 Å². The van der Waals surface area contributed by atoms with Crippen LogP contribution in [0.4, 0.5) is 5.69 Å². The SMILES string of the molecule is Cc1[nH]c2c(Cl)cccc2c1N. The maximum Gasteiger partial charge on any atom is 0.0666 e. The first-order chi connectivity index (χ1) is 5.70. The Morgan fingerprint density at radius 2 is 2.17 bits per heavy atom. The van der Waals surface area contributed by atoms with E-state index in [9.17, 15) is 0 Å². The molecule has 1 heterocycles. The number of hydrogen-bond donors (Lipinski definition) is 2. The van der Waals surface area contributed by atoms with Gasteiger partial charge in [-0.1, -0.05) is 23.7 Å². The van der Waals surface area contributed by atoms with E-state index in [0.717, 1.165) is 22.3 Å². The summed E-state index contributed by atoms with van der Waals surface area (Å²) in [6, 6.07) is 5.70. The molecule has 3 N–H and O–H groups in total. The normalized spacial score (nSPS) is 10.8. The Balaban J connectivity index is 2.95. The van der Waals surface area contributed by atoms with Crippen LogP contribution in [0.2, 0.25) is 5.02 Å². The first-order valence-corrected chi connectivity index (χ1v) is 4.10. The largest absolute Gasteiger partial charge is 0.397 e. The highest BCUT2D eigenvalue weighted by Gasteiger charge is 2.06. The molecule has 2 rings (SSSR count). The van der Waals surface area contributed by atoms with E-state index in [1.54, 1.807) is 0 Å². The third-order valence-electron chi connectivity index (χ3n) is 2.02. The van der Waals surface area contributed by atoms with E-state index in [0.29, 0.717) is 5.02 Å². The van der Waals surface area contributed by atoms with Crippen LogP contribution in [-0.2, 0) is 0 Å². The van der Waals surface area contributed by atoms with E-state index in [4.69, 9.17) is 17.3 Å². The number of para-hydroxylation sites is 1. The molecule has 0 saturated heterocycles. The fraction of sp³-hybridized carbons (Fsp3) is 0.111. The fourth-order valence-corrected chi connectivity index (χ4v) is 1.55. The molecule has 2 nitrogen and oxygen atoms in total. The van der Waals surface area contributed by atoms with Crippen molar-refractivity contribution in [2.75, 3.05) is 5.73 Å². The average Bonchev–Trinajstić information content (AvgIpc) is 2.32. The fourth-order valence-electron chi connectivity index (χ4n) is 1.33. The molecule has 0 radical (unpaired) electrons. The molecule has 0 unspecified atom stereocenters. The van der Waals surface area contributed by atoms with Crippen LogP contribution >= 0.6 is 11.6 Å². The molecule has 62 valence electrons. The van der Waals surface area contributed by atoms with Crippen molar-refractivity contribution >= 4 is 28.2 Å². The van der Waals surface area contributed by atoms with E-state index >= 15 is 0 Å². The lowest BCUT2D eigenvalue weighted by molar-refractivity contribution is 1.30. The number of fused-ring (bicyclic) bond motifs is 1. The maximum absolute atomic E-state index is 5.96. The predicted octanol–water partition coefficient (Wildman–Crippen LogP) is 2.71. The Bertz CT molecular complexity index is 431. The number of hydrogen-bond acceptors (Lipinski definition) is 1. The zero-order chi connectivity index (χ0) is 8.72. The van der Waals surface area contributed by atoms with Gasteiger partial charge in [-0.2, -0.15) is 0 Å². The Morgan fingerprint density at radius 1 is 1.42 bits per heavy atom. The highest BCUT2D eigenvalue weighted by atomic mass is 35.5. The highest BCUT2D eigenvalue weighted by Crippen LogP contribution is 2.28. The van der Waals surface area contributed by atoms with Gasteiger partial charge in [0.2, 0.25) is 0 Å². The number of nitrogen functional groups attached to an aromatic ring is 1. The number of halogens is 1. The van der Waals surface area contributed by atoms with Crippen molar-refractivity contribution in [1.29, 1.82) is 0 Å². The lowest BCUT2D eigenvalue weighted by Crippen LogP contribution is -1.83. The molecule has 1 aromatic carbocycles. The van der Waals surface area contributed by atoms with Gasteiger partial charge in [0.15, 0.2) is 0 Å². The van der Waals surface area contributed by atoms with Crippen LogP contribution in [0.3, 0.4) is 0 Å². The Hall–Kier alpha value is -1.15. The number of H-pyrrole nitrogens is 1. The first-order valence-electron chi connectivity index (χ1n) is 3.72. The van der Waals surface area contributed by atoms with E-state index in [2.05, 4.69) is 4.98 Å². The molecule has 0 amide bonds. The number of nitrogens with two attached hydrogens (primary N) is 1. The quantitative estimate of drug-likeness (QED) is 0.643. The second-order valence-corrected chi connectivity index (χ2v) is 3.23. The van der Waals surface area contributed by atoms with Gasteiger partial charge in [0.25, 0.3) is 0 Å². The monoisotopic (exact) mass is 180 g/mol. The molecule has 1 aromatic heterocycles. The molecule has 0 bridgehead atoms. The van der Waals surface area contributed by atoms with Gasteiger partial charge in [0.05, 0.1) is 16.2 Å². The summed E-state index contributed by atoms with van der Waals surface area (Å²) in [5.41, 5.74) is 8.50. The summed E-state index contributed by atoms with van der Waals surface area (Å²) >= 11 is 5.96. The zero-order valence-corrected chi connectivity index (χ0v) is 7.44. The average molecular weight is 181 g/mol. The third kappa shape index (κ3) is 0.883. The van der Waals surface area contributed by atoms with Gasteiger partial charge in [-0.3, -0.25) is 0 Å². The Kier molecular flexibility index (Phi) is 1.51. The van der Waals surface area contributed by atoms with Crippen molar-refractivity contribution in [3.05, 3.63) is 28.9 Å². The summed E-state index contributed by atoms with van der Waals surface area (Å²) in [6.07, 6.45) is 0. The van der Waals surface area contributed by atoms with Gasteiger partial charge in [0, 0.05) is 11.1 Å². The van der Waals surface area contributed by atoms with E-state index < -0.39 is 0 Å². The maximum atomic E-state index is 5.96. The zero-order valence-electron chi connectivity index (χ0n) is 6.69. The standard InChI is InChI=1S/C9H9ClN2/c1-5-8(11)6-3-2-4-7(10)9(6)12-5/h2-4,12H,11H2,1H3. The number of rotatable bonds is 0. The predicted molar refractivity (Wildman–Crippen MR) is 52.5 cm³/mol. The molecular formula is C9H9ClN2. The lowest BCUT2D eigenvalue weighted by atomic mass is 10.2. The molecule has 3 heteroatoms. The minimum absolute atomic E-state index is 0.715. The number of benzene rings is 1. The smallest absolute Gasteiger partial charge is 0.0666 e. The topological polar surface area (TPSA) is 41.8 Å². The summed E-state index contributed by atoms with van der Waals surface area (Å²) in [5, 5.41) is 1.72. The van der Waals surface area contributed by atoms with Crippen LogP contribution < -0.4 is 5.73 Å². The van der Waals surface area contributed by atoms with Crippen LogP contribution in [0.15, 0.2) is 18.2 Å². The molecule has 0 aliphatic carbocycles. The van der Waals surface area contributed by atoms with Crippen LogP contribution in [0.5, 0.6) is 0 Å². The lowest BCUT2D eigenvalue weighted by Gasteiger charge is -1.92. The minimum Gasteiger partial charge on any atom is -0.397 e. The first kappa shape index (κ1) is 7.50. The van der Waals surface area contributed by atoms with Gasteiger partial charge in [-0.25, -0.2) is 0 Å². The molecule has 12 heavy (non-hydrogen) atoms. The molecule has 0 saturated carbocycles. The van der Waals surface area contributed by atoms with Crippen molar-refractivity contribution in [3.63, 3.8) is 0 Å². The molecule has 0 aliphatic heterocycles. The number of aryl methyl sites for hydroxylation is 1. The number of anilines is 1. The summed E-state index contributed by atoms with van der Waals surface area (Å²) < 4.78 is 0. The van der Waals surface area contributed by atoms with Crippen LogP contribution in [0, 0.1) is 6.92 Å². The van der Waals surface area contributed by atoms with Crippen LogP contribution in [0.1, 0.15) is 5.69 Å². The Labute approximate surface area is 75.3 Å². The van der Waals surface area contributed by atoms with E-state index in [-0.39, 0.29) is 0 Å². The Morgan fingerprint density at radius 3 is 2.83 bits per heavy atom. The molecular weight excluding hydrogens is 172 g/mol. The number of aromatic amines is 1. The highest BCUT2D eigenvalue weighted by molar-refractivity contribution is 6.35.